The van der Waals surface area contributed by atoms with E-state index in [1.807, 2.05) is 9.58 Å². The molecule has 1 atom stereocenters. The van der Waals surface area contributed by atoms with Crippen LogP contribution in [-0.2, 0) is 29.2 Å². The molecule has 3 aliphatic rings. The lowest BCUT2D eigenvalue weighted by molar-refractivity contribution is -0.123. The molecule has 2 amide bonds. The van der Waals surface area contributed by atoms with Gasteiger partial charge >= 0.3 is 0 Å². The van der Waals surface area contributed by atoms with Crippen molar-refractivity contribution in [3.8, 4) is 0 Å². The number of nitrogens with zero attached hydrogens (tertiary/aromatic N) is 5. The molecule has 2 aliphatic heterocycles. The van der Waals surface area contributed by atoms with Crippen LogP contribution in [0.2, 0.25) is 0 Å². The lowest BCUT2D eigenvalue weighted by Gasteiger charge is -2.44. The van der Waals surface area contributed by atoms with E-state index in [4.69, 9.17) is 4.74 Å². The second-order valence-electron chi connectivity index (χ2n) is 8.17. The molecule has 29 heavy (non-hydrogen) atoms. The predicted molar refractivity (Wildman–Crippen MR) is 101 cm³/mol. The normalized spacial score (nSPS) is 23.7. The van der Waals surface area contributed by atoms with Crippen molar-refractivity contribution in [2.75, 3.05) is 13.1 Å². The smallest absolute Gasteiger partial charge is 0.254 e. The van der Waals surface area contributed by atoms with Crippen molar-refractivity contribution in [1.29, 1.82) is 0 Å². The Morgan fingerprint density at radius 1 is 1.24 bits per heavy atom. The predicted octanol–water partition coefficient (Wildman–Crippen LogP) is 0.904. The van der Waals surface area contributed by atoms with E-state index in [1.54, 1.807) is 24.5 Å². The maximum Gasteiger partial charge on any atom is 0.254 e. The Hall–Kier alpha value is -2.81. The number of rotatable bonds is 4. The molecule has 1 aliphatic carbocycles. The van der Waals surface area contributed by atoms with Crippen LogP contribution < -0.4 is 5.32 Å². The summed E-state index contributed by atoms with van der Waals surface area (Å²) in [7, 11) is 0. The molecule has 1 spiro atoms. The monoisotopic (exact) mass is 396 g/mol. The van der Waals surface area contributed by atoms with Crippen LogP contribution in [-0.4, -0.2) is 55.4 Å². The van der Waals surface area contributed by atoms with Crippen LogP contribution in [0.3, 0.4) is 0 Å². The van der Waals surface area contributed by atoms with E-state index < -0.39 is 5.60 Å². The molecule has 152 valence electrons. The quantitative estimate of drug-likeness (QED) is 0.824. The number of aromatic nitrogens is 4. The van der Waals surface area contributed by atoms with Crippen molar-refractivity contribution < 1.29 is 14.3 Å². The number of hydrogen-bond donors (Lipinski definition) is 1. The summed E-state index contributed by atoms with van der Waals surface area (Å²) in [5.41, 5.74) is 1.86. The highest BCUT2D eigenvalue weighted by Gasteiger charge is 2.42. The summed E-state index contributed by atoms with van der Waals surface area (Å²) in [6, 6.07) is 3.48. The summed E-state index contributed by atoms with van der Waals surface area (Å²) in [5, 5.41) is 11.5. The van der Waals surface area contributed by atoms with E-state index in [9.17, 15) is 9.59 Å². The Balaban J connectivity index is 1.27. The molecule has 1 unspecified atom stereocenters. The fraction of sp³-hybridized carbons (Fsp3) is 0.550. The van der Waals surface area contributed by atoms with Gasteiger partial charge in [0.25, 0.3) is 5.91 Å². The van der Waals surface area contributed by atoms with Gasteiger partial charge in [0.1, 0.15) is 11.3 Å². The van der Waals surface area contributed by atoms with Gasteiger partial charge in [-0.25, -0.2) is 4.68 Å². The average molecular weight is 396 g/mol. The fourth-order valence-corrected chi connectivity index (χ4v) is 4.19. The number of piperidine rings is 1. The molecular formula is C20H24N6O3. The van der Waals surface area contributed by atoms with Gasteiger partial charge in [-0.2, -0.15) is 0 Å². The van der Waals surface area contributed by atoms with Crippen LogP contribution in [0.5, 0.6) is 0 Å². The first-order valence-corrected chi connectivity index (χ1v) is 10.2. The number of ether oxygens (including phenoxy) is 1. The maximum absolute atomic E-state index is 12.9. The molecule has 9 heteroatoms. The summed E-state index contributed by atoms with van der Waals surface area (Å²) in [4.78, 5) is 30.6. The highest BCUT2D eigenvalue weighted by Crippen LogP contribution is 2.33. The van der Waals surface area contributed by atoms with Gasteiger partial charge in [0, 0.05) is 30.4 Å². The highest BCUT2D eigenvalue weighted by molar-refractivity contribution is 5.94. The molecule has 5 rings (SSSR count). The van der Waals surface area contributed by atoms with Crippen LogP contribution in [0.25, 0.3) is 0 Å². The van der Waals surface area contributed by atoms with Crippen LogP contribution in [0.15, 0.2) is 24.5 Å². The molecule has 2 aromatic rings. The second-order valence-corrected chi connectivity index (χ2v) is 8.17. The summed E-state index contributed by atoms with van der Waals surface area (Å²) in [6.45, 7) is 2.58. The minimum absolute atomic E-state index is 0.00272. The van der Waals surface area contributed by atoms with Gasteiger partial charge in [-0.15, -0.1) is 5.10 Å². The molecule has 2 fully saturated rings. The number of pyridine rings is 1. The van der Waals surface area contributed by atoms with Gasteiger partial charge in [0.05, 0.1) is 31.9 Å². The third-order valence-electron chi connectivity index (χ3n) is 6.00. The minimum Gasteiger partial charge on any atom is -0.365 e. The van der Waals surface area contributed by atoms with E-state index in [0.29, 0.717) is 31.8 Å². The topological polar surface area (TPSA) is 102 Å². The summed E-state index contributed by atoms with van der Waals surface area (Å²) in [6.07, 6.45) is 6.98. The van der Waals surface area contributed by atoms with E-state index in [2.05, 4.69) is 20.6 Å². The molecule has 0 bridgehead atoms. The van der Waals surface area contributed by atoms with Crippen molar-refractivity contribution in [3.05, 3.63) is 41.5 Å². The highest BCUT2D eigenvalue weighted by atomic mass is 16.5. The Kier molecular flexibility index (Phi) is 4.54. The van der Waals surface area contributed by atoms with Crippen molar-refractivity contribution in [2.45, 2.75) is 51.0 Å². The standard InChI is InChI=1S/C20H24N6O3/c27-18(14-2-3-14)22-10-16-17-11-29-20(13-26(17)24-23-16)6-1-9-25(12-20)19(28)15-4-7-21-8-5-15/h4-5,7-8,14H,1-3,6,9-13H2,(H,22,27). The van der Waals surface area contributed by atoms with Gasteiger partial charge in [-0.3, -0.25) is 14.6 Å². The number of amides is 2. The molecule has 1 N–H and O–H groups in total. The molecule has 0 aromatic carbocycles. The third-order valence-corrected chi connectivity index (χ3v) is 6.00. The average Bonchev–Trinajstić information content (AvgIpc) is 3.53. The van der Waals surface area contributed by atoms with Gasteiger partial charge < -0.3 is 15.0 Å². The third kappa shape index (κ3) is 3.62. The summed E-state index contributed by atoms with van der Waals surface area (Å²) >= 11 is 0. The van der Waals surface area contributed by atoms with Gasteiger partial charge in [-0.1, -0.05) is 5.21 Å². The Bertz CT molecular complexity index is 926. The first-order valence-electron chi connectivity index (χ1n) is 10.2. The summed E-state index contributed by atoms with van der Waals surface area (Å²) in [5.74, 6) is 0.271. The number of likely N-dealkylation sites (tertiary alicyclic amines) is 1. The number of carbonyl (C=O) groups excluding carboxylic acids is 2. The van der Waals surface area contributed by atoms with Crippen LogP contribution in [0.1, 0.15) is 47.4 Å². The molecule has 1 saturated heterocycles. The number of carbonyl (C=O) groups is 2. The van der Waals surface area contributed by atoms with Crippen molar-refractivity contribution in [1.82, 2.24) is 30.2 Å². The van der Waals surface area contributed by atoms with E-state index in [0.717, 1.165) is 43.6 Å². The molecule has 9 nitrogen and oxygen atoms in total. The van der Waals surface area contributed by atoms with E-state index in [-0.39, 0.29) is 17.7 Å². The minimum atomic E-state index is -0.448. The largest absolute Gasteiger partial charge is 0.365 e. The van der Waals surface area contributed by atoms with Gasteiger partial charge in [-0.05, 0) is 37.8 Å². The lowest BCUT2D eigenvalue weighted by Crippen LogP contribution is -2.55. The molecule has 1 saturated carbocycles. The first-order chi connectivity index (χ1) is 14.1. The van der Waals surface area contributed by atoms with E-state index >= 15 is 0 Å². The Morgan fingerprint density at radius 3 is 2.86 bits per heavy atom. The number of hydrogen-bond acceptors (Lipinski definition) is 6. The summed E-state index contributed by atoms with van der Waals surface area (Å²) < 4.78 is 8.17. The lowest BCUT2D eigenvalue weighted by atomic mass is 9.91. The molecule has 2 aromatic heterocycles. The van der Waals surface area contributed by atoms with Crippen LogP contribution >= 0.6 is 0 Å². The zero-order valence-electron chi connectivity index (χ0n) is 16.2. The fourth-order valence-electron chi connectivity index (χ4n) is 4.19. The molecule has 4 heterocycles. The zero-order chi connectivity index (χ0) is 19.8. The molecular weight excluding hydrogens is 372 g/mol. The van der Waals surface area contributed by atoms with Crippen molar-refractivity contribution in [2.24, 2.45) is 5.92 Å². The van der Waals surface area contributed by atoms with Crippen LogP contribution in [0, 0.1) is 5.92 Å². The number of nitrogens with one attached hydrogen (secondary N) is 1. The molecule has 0 radical (unpaired) electrons. The van der Waals surface area contributed by atoms with E-state index in [1.165, 1.54) is 0 Å². The SMILES string of the molecule is O=C(NCc1nnn2c1COC1(CCCN(C(=O)c3ccncc3)C1)C2)C1CC1. The van der Waals surface area contributed by atoms with Crippen molar-refractivity contribution in [3.63, 3.8) is 0 Å². The Morgan fingerprint density at radius 2 is 2.07 bits per heavy atom. The number of fused-ring (bicyclic) bond motifs is 1. The van der Waals surface area contributed by atoms with Gasteiger partial charge in [0.15, 0.2) is 0 Å². The Labute approximate surface area is 168 Å². The first kappa shape index (κ1) is 18.2. The van der Waals surface area contributed by atoms with Crippen molar-refractivity contribution >= 4 is 11.8 Å². The zero-order valence-corrected chi connectivity index (χ0v) is 16.2. The second kappa shape index (κ2) is 7.22. The van der Waals surface area contributed by atoms with Gasteiger partial charge in [0.2, 0.25) is 5.91 Å². The van der Waals surface area contributed by atoms with Crippen LogP contribution in [0.4, 0.5) is 0 Å². The maximum atomic E-state index is 12.9.